The Balaban J connectivity index is 2.53. The van der Waals surface area contributed by atoms with Crippen molar-refractivity contribution >= 4 is 11.6 Å². The molecule has 0 heterocycles. The van der Waals surface area contributed by atoms with Crippen molar-refractivity contribution in [3.8, 4) is 0 Å². The zero-order chi connectivity index (χ0) is 13.5. The maximum atomic E-state index is 12.1. The van der Waals surface area contributed by atoms with Crippen LogP contribution in [0.5, 0.6) is 0 Å². The molecule has 0 saturated heterocycles. The number of hydrogen-bond donors (Lipinski definition) is 0. The lowest BCUT2D eigenvalue weighted by molar-refractivity contribution is -0.118. The van der Waals surface area contributed by atoms with Crippen LogP contribution in [0, 0.1) is 6.92 Å². The third kappa shape index (κ3) is 4.15. The summed E-state index contributed by atoms with van der Waals surface area (Å²) in [5, 5.41) is 0. The molecular formula is C15H24N2O. The van der Waals surface area contributed by atoms with Crippen LogP contribution < -0.4 is 4.90 Å². The standard InChI is InChI=1S/C15H24N2O/c1-5-17(6-2)12-11-15(18)16(4)14-9-7-13(3)8-10-14/h7-10H,5-6,11-12H2,1-4H3. The Labute approximate surface area is 110 Å². The summed E-state index contributed by atoms with van der Waals surface area (Å²) in [6, 6.07) is 8.04. The summed E-state index contributed by atoms with van der Waals surface area (Å²) >= 11 is 0. The topological polar surface area (TPSA) is 23.6 Å². The lowest BCUT2D eigenvalue weighted by Gasteiger charge is -2.21. The second-order valence-electron chi connectivity index (χ2n) is 4.57. The molecule has 1 aromatic rings. The summed E-state index contributed by atoms with van der Waals surface area (Å²) in [7, 11) is 1.84. The number of hydrogen-bond acceptors (Lipinski definition) is 2. The van der Waals surface area contributed by atoms with Crippen LogP contribution in [0.4, 0.5) is 5.69 Å². The molecule has 3 nitrogen and oxygen atoms in total. The highest BCUT2D eigenvalue weighted by Gasteiger charge is 2.11. The fourth-order valence-corrected chi connectivity index (χ4v) is 1.87. The van der Waals surface area contributed by atoms with Crippen LogP contribution in [0.25, 0.3) is 0 Å². The highest BCUT2D eigenvalue weighted by Crippen LogP contribution is 2.14. The van der Waals surface area contributed by atoms with E-state index in [4.69, 9.17) is 0 Å². The number of anilines is 1. The van der Waals surface area contributed by atoms with E-state index >= 15 is 0 Å². The van der Waals surface area contributed by atoms with E-state index in [-0.39, 0.29) is 5.91 Å². The fourth-order valence-electron chi connectivity index (χ4n) is 1.87. The molecule has 0 aliphatic carbocycles. The normalized spacial score (nSPS) is 10.7. The molecule has 0 unspecified atom stereocenters. The van der Waals surface area contributed by atoms with Gasteiger partial charge >= 0.3 is 0 Å². The Hall–Kier alpha value is -1.35. The van der Waals surface area contributed by atoms with E-state index in [1.807, 2.05) is 38.2 Å². The molecule has 1 rings (SSSR count). The molecule has 0 N–H and O–H groups in total. The summed E-state index contributed by atoms with van der Waals surface area (Å²) in [6.45, 7) is 9.12. The van der Waals surface area contributed by atoms with Gasteiger partial charge in [-0.3, -0.25) is 4.79 Å². The molecule has 0 atom stereocenters. The van der Waals surface area contributed by atoms with Crippen LogP contribution in [0.2, 0.25) is 0 Å². The molecule has 0 radical (unpaired) electrons. The molecule has 0 bridgehead atoms. The first-order valence-corrected chi connectivity index (χ1v) is 6.64. The van der Waals surface area contributed by atoms with Gasteiger partial charge in [0.25, 0.3) is 0 Å². The lowest BCUT2D eigenvalue weighted by Crippen LogP contribution is -2.32. The third-order valence-electron chi connectivity index (χ3n) is 3.33. The van der Waals surface area contributed by atoms with Crippen LogP contribution in [-0.4, -0.2) is 37.5 Å². The number of rotatable bonds is 6. The van der Waals surface area contributed by atoms with Crippen LogP contribution >= 0.6 is 0 Å². The first-order valence-electron chi connectivity index (χ1n) is 6.64. The molecule has 3 heteroatoms. The third-order valence-corrected chi connectivity index (χ3v) is 3.33. The van der Waals surface area contributed by atoms with Crippen molar-refractivity contribution in [3.05, 3.63) is 29.8 Å². The summed E-state index contributed by atoms with van der Waals surface area (Å²) in [5.41, 5.74) is 2.17. The quantitative estimate of drug-likeness (QED) is 0.773. The van der Waals surface area contributed by atoms with Gasteiger partial charge in [0.15, 0.2) is 0 Å². The Morgan fingerprint density at radius 2 is 1.67 bits per heavy atom. The molecule has 0 aliphatic heterocycles. The zero-order valence-corrected chi connectivity index (χ0v) is 11.9. The van der Waals surface area contributed by atoms with Crippen molar-refractivity contribution < 1.29 is 4.79 Å². The molecule has 100 valence electrons. The lowest BCUT2D eigenvalue weighted by atomic mass is 10.2. The van der Waals surface area contributed by atoms with Crippen molar-refractivity contribution in [2.45, 2.75) is 27.2 Å². The molecule has 0 saturated carbocycles. The Bertz CT molecular complexity index is 369. The highest BCUT2D eigenvalue weighted by atomic mass is 16.2. The van der Waals surface area contributed by atoms with E-state index in [0.717, 1.165) is 25.3 Å². The van der Waals surface area contributed by atoms with Gasteiger partial charge in [0.2, 0.25) is 5.91 Å². The molecule has 18 heavy (non-hydrogen) atoms. The van der Waals surface area contributed by atoms with E-state index in [0.29, 0.717) is 6.42 Å². The zero-order valence-electron chi connectivity index (χ0n) is 11.9. The van der Waals surface area contributed by atoms with E-state index in [1.165, 1.54) is 5.56 Å². The van der Waals surface area contributed by atoms with E-state index in [9.17, 15) is 4.79 Å². The number of amides is 1. The Morgan fingerprint density at radius 1 is 1.11 bits per heavy atom. The highest BCUT2D eigenvalue weighted by molar-refractivity contribution is 5.92. The summed E-state index contributed by atoms with van der Waals surface area (Å²) < 4.78 is 0. The van der Waals surface area contributed by atoms with Crippen LogP contribution in [-0.2, 0) is 4.79 Å². The van der Waals surface area contributed by atoms with Gasteiger partial charge in [-0.2, -0.15) is 0 Å². The maximum absolute atomic E-state index is 12.1. The SMILES string of the molecule is CCN(CC)CCC(=O)N(C)c1ccc(C)cc1. The Morgan fingerprint density at radius 3 is 2.17 bits per heavy atom. The van der Waals surface area contributed by atoms with E-state index < -0.39 is 0 Å². The molecule has 1 amide bonds. The largest absolute Gasteiger partial charge is 0.315 e. The Kier molecular flexibility index (Phi) is 5.86. The number of nitrogens with zero attached hydrogens (tertiary/aromatic N) is 2. The molecule has 0 aromatic heterocycles. The molecule has 0 aliphatic rings. The van der Waals surface area contributed by atoms with Gasteiger partial charge < -0.3 is 9.80 Å². The first kappa shape index (κ1) is 14.7. The predicted octanol–water partition coefficient (Wildman–Crippen LogP) is 2.69. The van der Waals surface area contributed by atoms with Gasteiger partial charge in [0, 0.05) is 25.7 Å². The van der Waals surface area contributed by atoms with Gasteiger partial charge in [-0.1, -0.05) is 31.5 Å². The molecular weight excluding hydrogens is 224 g/mol. The summed E-state index contributed by atoms with van der Waals surface area (Å²) in [5.74, 6) is 0.172. The monoisotopic (exact) mass is 248 g/mol. The van der Waals surface area contributed by atoms with E-state index in [1.54, 1.807) is 4.90 Å². The van der Waals surface area contributed by atoms with Gasteiger partial charge in [-0.15, -0.1) is 0 Å². The summed E-state index contributed by atoms with van der Waals surface area (Å²) in [4.78, 5) is 16.1. The van der Waals surface area contributed by atoms with Crippen LogP contribution in [0.15, 0.2) is 24.3 Å². The number of carbonyl (C=O) groups excluding carboxylic acids is 1. The predicted molar refractivity (Wildman–Crippen MR) is 77.0 cm³/mol. The van der Waals surface area contributed by atoms with Crippen LogP contribution in [0.3, 0.4) is 0 Å². The van der Waals surface area contributed by atoms with Crippen molar-refractivity contribution in [1.82, 2.24) is 4.90 Å². The van der Waals surface area contributed by atoms with Gasteiger partial charge in [0.05, 0.1) is 0 Å². The minimum atomic E-state index is 0.172. The maximum Gasteiger partial charge on any atom is 0.228 e. The molecule has 1 aromatic carbocycles. The van der Waals surface area contributed by atoms with Crippen LogP contribution in [0.1, 0.15) is 25.8 Å². The first-order chi connectivity index (χ1) is 8.58. The molecule has 0 spiro atoms. The second-order valence-corrected chi connectivity index (χ2v) is 4.57. The smallest absolute Gasteiger partial charge is 0.228 e. The van der Waals surface area contributed by atoms with Crippen molar-refractivity contribution in [2.24, 2.45) is 0 Å². The number of benzene rings is 1. The van der Waals surface area contributed by atoms with Gasteiger partial charge in [-0.05, 0) is 32.1 Å². The van der Waals surface area contributed by atoms with Crippen molar-refractivity contribution in [3.63, 3.8) is 0 Å². The minimum Gasteiger partial charge on any atom is -0.315 e. The van der Waals surface area contributed by atoms with Gasteiger partial charge in [0.1, 0.15) is 0 Å². The number of carbonyl (C=O) groups is 1. The average molecular weight is 248 g/mol. The van der Waals surface area contributed by atoms with Gasteiger partial charge in [-0.25, -0.2) is 0 Å². The van der Waals surface area contributed by atoms with Crippen molar-refractivity contribution in [1.29, 1.82) is 0 Å². The molecule has 0 fully saturated rings. The minimum absolute atomic E-state index is 0.172. The van der Waals surface area contributed by atoms with E-state index in [2.05, 4.69) is 18.7 Å². The fraction of sp³-hybridized carbons (Fsp3) is 0.533. The van der Waals surface area contributed by atoms with Crippen molar-refractivity contribution in [2.75, 3.05) is 31.6 Å². The summed E-state index contributed by atoms with van der Waals surface area (Å²) in [6.07, 6.45) is 0.575. The second kappa shape index (κ2) is 7.17. The average Bonchev–Trinajstić information content (AvgIpc) is 2.39. The number of aryl methyl sites for hydroxylation is 1.